The lowest BCUT2D eigenvalue weighted by Crippen LogP contribution is -2.43. The Labute approximate surface area is 142 Å². The molecule has 1 heterocycles. The van der Waals surface area contributed by atoms with E-state index in [9.17, 15) is 30.8 Å². The largest absolute Gasteiger partial charge is 0.511 e. The van der Waals surface area contributed by atoms with Gasteiger partial charge < -0.3 is 5.32 Å². The quantitative estimate of drug-likeness (QED) is 0.803. The highest BCUT2D eigenvalue weighted by atomic mass is 32.2. The summed E-state index contributed by atoms with van der Waals surface area (Å²) in [6.45, 7) is -0.395. The summed E-state index contributed by atoms with van der Waals surface area (Å²) < 4.78 is 73.8. The van der Waals surface area contributed by atoms with Crippen molar-refractivity contribution in [1.82, 2.24) is 9.21 Å². The first-order chi connectivity index (χ1) is 11.6. The fourth-order valence-corrected chi connectivity index (χ4v) is 3.41. The van der Waals surface area contributed by atoms with Crippen LogP contribution in [0.4, 0.5) is 23.2 Å². The van der Waals surface area contributed by atoms with Gasteiger partial charge in [-0.05, 0) is 37.2 Å². The maximum Gasteiger partial charge on any atom is 0.511 e. The van der Waals surface area contributed by atoms with E-state index in [4.69, 9.17) is 0 Å². The Balaban J connectivity index is 1.90. The van der Waals surface area contributed by atoms with Gasteiger partial charge in [0.05, 0.1) is 6.54 Å². The molecule has 1 amide bonds. The molecule has 1 aliphatic heterocycles. The number of hydrogen-bond donors (Lipinski definition) is 1. The summed E-state index contributed by atoms with van der Waals surface area (Å²) in [7, 11) is -5.36. The summed E-state index contributed by atoms with van der Waals surface area (Å²) in [6.07, 6.45) is 0.180. The minimum absolute atomic E-state index is 0.00610. The van der Waals surface area contributed by atoms with Gasteiger partial charge in [-0.15, -0.1) is 0 Å². The maximum absolute atomic E-state index is 12.8. The monoisotopic (exact) mass is 383 g/mol. The summed E-state index contributed by atoms with van der Waals surface area (Å²) in [4.78, 5) is 13.5. The molecule has 0 aromatic heterocycles. The maximum atomic E-state index is 12.8. The Morgan fingerprint density at radius 3 is 2.32 bits per heavy atom. The van der Waals surface area contributed by atoms with Crippen molar-refractivity contribution in [3.05, 3.63) is 30.1 Å². The molecule has 0 atom stereocenters. The van der Waals surface area contributed by atoms with Crippen molar-refractivity contribution in [3.8, 4) is 0 Å². The van der Waals surface area contributed by atoms with Crippen LogP contribution < -0.4 is 5.32 Å². The minimum atomic E-state index is -5.36. The highest BCUT2D eigenvalue weighted by molar-refractivity contribution is 7.90. The van der Waals surface area contributed by atoms with E-state index >= 15 is 0 Å². The number of sulfonamides is 1. The SMILES string of the molecule is O=C(CN1CCCN(S(=O)(=O)C(F)(F)F)CC1)Nc1ccc(F)cc1. The van der Waals surface area contributed by atoms with E-state index in [1.807, 2.05) is 0 Å². The van der Waals surface area contributed by atoms with Crippen LogP contribution >= 0.6 is 0 Å². The average molecular weight is 383 g/mol. The second-order valence-corrected chi connectivity index (χ2v) is 7.46. The van der Waals surface area contributed by atoms with Gasteiger partial charge in [-0.2, -0.15) is 17.5 Å². The summed E-state index contributed by atoms with van der Waals surface area (Å²) in [5.74, 6) is -0.866. The molecule has 0 aliphatic carbocycles. The number of carbonyl (C=O) groups excluding carboxylic acids is 1. The normalized spacial score (nSPS) is 17.9. The van der Waals surface area contributed by atoms with Crippen LogP contribution in [0.15, 0.2) is 24.3 Å². The number of alkyl halides is 3. The lowest BCUT2D eigenvalue weighted by molar-refractivity contribution is -0.117. The molecule has 1 aliphatic rings. The third kappa shape index (κ3) is 5.13. The van der Waals surface area contributed by atoms with E-state index in [2.05, 4.69) is 5.32 Å². The zero-order valence-electron chi connectivity index (χ0n) is 13.1. The summed E-state index contributed by atoms with van der Waals surface area (Å²) in [6, 6.07) is 5.13. The third-order valence-electron chi connectivity index (χ3n) is 3.68. The van der Waals surface area contributed by atoms with E-state index in [1.54, 1.807) is 4.90 Å². The second kappa shape index (κ2) is 7.67. The average Bonchev–Trinajstić information content (AvgIpc) is 2.74. The van der Waals surface area contributed by atoms with Crippen LogP contribution in [0.1, 0.15) is 6.42 Å². The molecule has 25 heavy (non-hydrogen) atoms. The fraction of sp³-hybridized carbons (Fsp3) is 0.500. The number of benzene rings is 1. The fourth-order valence-electron chi connectivity index (χ4n) is 2.43. The standard InChI is InChI=1S/C14H17F4N3O3S/c15-11-2-4-12(5-3-11)19-13(22)10-20-6-1-7-21(9-8-20)25(23,24)14(16,17)18/h2-5H,1,6-10H2,(H,19,22). The van der Waals surface area contributed by atoms with Crippen LogP contribution in [0.5, 0.6) is 0 Å². The molecule has 140 valence electrons. The molecule has 11 heteroatoms. The third-order valence-corrected chi connectivity index (χ3v) is 5.31. The van der Waals surface area contributed by atoms with E-state index in [-0.39, 0.29) is 32.6 Å². The van der Waals surface area contributed by atoms with Crippen LogP contribution in [-0.4, -0.2) is 61.8 Å². The van der Waals surface area contributed by atoms with E-state index in [1.165, 1.54) is 24.3 Å². The zero-order chi connectivity index (χ0) is 18.7. The molecule has 0 bridgehead atoms. The van der Waals surface area contributed by atoms with Crippen molar-refractivity contribution in [2.24, 2.45) is 0 Å². The van der Waals surface area contributed by atoms with Crippen molar-refractivity contribution in [1.29, 1.82) is 0 Å². The number of nitrogens with zero attached hydrogens (tertiary/aromatic N) is 2. The van der Waals surface area contributed by atoms with Crippen molar-refractivity contribution >= 4 is 21.6 Å². The summed E-state index contributed by atoms with van der Waals surface area (Å²) >= 11 is 0. The highest BCUT2D eigenvalue weighted by Gasteiger charge is 2.49. The van der Waals surface area contributed by atoms with Gasteiger partial charge in [-0.25, -0.2) is 12.8 Å². The Kier molecular flexibility index (Phi) is 6.01. The van der Waals surface area contributed by atoms with Crippen LogP contribution in [0.2, 0.25) is 0 Å². The van der Waals surface area contributed by atoms with Crippen LogP contribution in [0.25, 0.3) is 0 Å². The molecule has 0 saturated carbocycles. The van der Waals surface area contributed by atoms with Crippen molar-refractivity contribution in [3.63, 3.8) is 0 Å². The number of rotatable bonds is 4. The molecule has 0 unspecified atom stereocenters. The topological polar surface area (TPSA) is 69.7 Å². The Morgan fingerprint density at radius 2 is 1.72 bits per heavy atom. The van der Waals surface area contributed by atoms with Gasteiger partial charge in [0, 0.05) is 25.3 Å². The minimum Gasteiger partial charge on any atom is -0.325 e. The molecule has 0 spiro atoms. The Hall–Kier alpha value is -1.72. The van der Waals surface area contributed by atoms with Crippen molar-refractivity contribution in [2.75, 3.05) is 38.0 Å². The summed E-state index contributed by atoms with van der Waals surface area (Å²) in [5.41, 5.74) is -4.94. The molecule has 1 saturated heterocycles. The van der Waals surface area contributed by atoms with Gasteiger partial charge >= 0.3 is 15.5 Å². The van der Waals surface area contributed by atoms with Crippen molar-refractivity contribution < 1.29 is 30.8 Å². The first kappa shape index (κ1) is 19.6. The predicted octanol–water partition coefficient (Wildman–Crippen LogP) is 1.62. The van der Waals surface area contributed by atoms with E-state index < -0.39 is 27.3 Å². The zero-order valence-corrected chi connectivity index (χ0v) is 13.9. The number of hydrogen-bond acceptors (Lipinski definition) is 4. The molecule has 1 fully saturated rings. The van der Waals surface area contributed by atoms with Gasteiger partial charge in [0.2, 0.25) is 5.91 Å². The first-order valence-corrected chi connectivity index (χ1v) is 8.88. The smallest absolute Gasteiger partial charge is 0.325 e. The van der Waals surface area contributed by atoms with Gasteiger partial charge in [0.1, 0.15) is 5.82 Å². The molecule has 1 aromatic carbocycles. The molecule has 2 rings (SSSR count). The van der Waals surface area contributed by atoms with E-state index in [0.717, 1.165) is 0 Å². The highest BCUT2D eigenvalue weighted by Crippen LogP contribution is 2.27. The number of amides is 1. The van der Waals surface area contributed by atoms with Gasteiger partial charge in [0.15, 0.2) is 0 Å². The van der Waals surface area contributed by atoms with Crippen LogP contribution in [0.3, 0.4) is 0 Å². The lowest BCUT2D eigenvalue weighted by atomic mass is 10.3. The number of anilines is 1. The molecular formula is C14H17F4N3O3S. The molecule has 1 aromatic rings. The molecule has 6 nitrogen and oxygen atoms in total. The predicted molar refractivity (Wildman–Crippen MR) is 82.6 cm³/mol. The molecule has 0 radical (unpaired) electrons. The number of carbonyl (C=O) groups is 1. The number of halogens is 4. The van der Waals surface area contributed by atoms with Gasteiger partial charge in [-0.1, -0.05) is 0 Å². The Bertz CT molecular complexity index is 707. The number of nitrogens with one attached hydrogen (secondary N) is 1. The molecule has 1 N–H and O–H groups in total. The van der Waals surface area contributed by atoms with Crippen LogP contribution in [-0.2, 0) is 14.8 Å². The van der Waals surface area contributed by atoms with Gasteiger partial charge in [-0.3, -0.25) is 9.69 Å². The van der Waals surface area contributed by atoms with Crippen molar-refractivity contribution in [2.45, 2.75) is 11.9 Å². The lowest BCUT2D eigenvalue weighted by Gasteiger charge is -2.22. The van der Waals surface area contributed by atoms with E-state index in [0.29, 0.717) is 16.5 Å². The Morgan fingerprint density at radius 1 is 1.08 bits per heavy atom. The summed E-state index contributed by atoms with van der Waals surface area (Å²) in [5, 5.41) is 2.54. The molecular weight excluding hydrogens is 366 g/mol. The first-order valence-electron chi connectivity index (χ1n) is 7.44. The van der Waals surface area contributed by atoms with Crippen LogP contribution in [0, 0.1) is 5.82 Å². The van der Waals surface area contributed by atoms with Gasteiger partial charge in [0.25, 0.3) is 0 Å². The second-order valence-electron chi connectivity index (χ2n) is 5.53.